The predicted molar refractivity (Wildman–Crippen MR) is 172 cm³/mol. The van der Waals surface area contributed by atoms with Crippen molar-refractivity contribution in [1.29, 1.82) is 5.26 Å². The second-order valence-electron chi connectivity index (χ2n) is 12.6. The van der Waals surface area contributed by atoms with E-state index in [1.807, 2.05) is 6.07 Å². The Balaban J connectivity index is 1.90. The van der Waals surface area contributed by atoms with Crippen LogP contribution in [0, 0.1) is 16.7 Å². The Kier molecular flexibility index (Phi) is 9.85. The molecule has 12 heteroatoms. The van der Waals surface area contributed by atoms with Crippen molar-refractivity contribution in [2.45, 2.75) is 95.9 Å². The molecule has 43 heavy (non-hydrogen) atoms. The molecule has 232 valence electrons. The molecule has 0 radical (unpaired) electrons. The molecule has 2 aliphatic rings. The lowest BCUT2D eigenvalue weighted by Gasteiger charge is -2.53. The van der Waals surface area contributed by atoms with E-state index in [2.05, 4.69) is 73.0 Å². The van der Waals surface area contributed by atoms with Crippen LogP contribution in [0.3, 0.4) is 0 Å². The fourth-order valence-electron chi connectivity index (χ4n) is 6.29. The van der Waals surface area contributed by atoms with E-state index < -0.39 is 46.8 Å². The molecule has 4 atom stereocenters. The quantitative estimate of drug-likeness (QED) is 0.142. The number of thiocarbonyl (C=S) groups is 1. The number of carbonyl (C=O) groups is 1. The predicted octanol–water partition coefficient (Wildman–Crippen LogP) is 6.66. The monoisotopic (exact) mass is 641 g/mol. The van der Waals surface area contributed by atoms with Crippen molar-refractivity contribution in [3.05, 3.63) is 66.8 Å². The van der Waals surface area contributed by atoms with Gasteiger partial charge >= 0.3 is 23.1 Å². The standard InChI is InChI=1S/C31H43N3O6SSi2/c1-20(2)42(21(3)4)36-18-31(17-32)24(9)26(37-29(35)25-13-11-10-12-14-25)27(38-30(41)34-16-15-33-19-34)28(31)39-43(40-42,22(5)6)23(7)8/h10-16,19-23,26-28H,9,18H2,1-8H3. The van der Waals surface area contributed by atoms with Gasteiger partial charge in [-0.3, -0.25) is 4.57 Å². The van der Waals surface area contributed by atoms with E-state index in [4.69, 9.17) is 34.7 Å². The number of hydrogen-bond acceptors (Lipinski definition) is 9. The SMILES string of the molecule is C=C1C(OC(=O)c2ccccc2)C(OC(=S)n2ccnc2)C2O[Si](C(C)C)(C(C)C)O[Si](C(C)C)(C(C)C)OCC12C#N. The Morgan fingerprint density at radius 2 is 1.67 bits per heavy atom. The molecular formula is C31H43N3O6SSi2. The Bertz CT molecular complexity index is 1350. The molecule has 4 unspecified atom stereocenters. The van der Waals surface area contributed by atoms with E-state index in [-0.39, 0.29) is 33.9 Å². The van der Waals surface area contributed by atoms with E-state index in [0.29, 0.717) is 11.1 Å². The topological polar surface area (TPSA) is 105 Å². The van der Waals surface area contributed by atoms with Gasteiger partial charge in [-0.15, -0.1) is 0 Å². The summed E-state index contributed by atoms with van der Waals surface area (Å²) in [6.45, 7) is 21.2. The third-order valence-electron chi connectivity index (χ3n) is 8.77. The van der Waals surface area contributed by atoms with Crippen molar-refractivity contribution >= 4 is 40.5 Å². The summed E-state index contributed by atoms with van der Waals surface area (Å²) < 4.78 is 35.7. The molecule has 0 N–H and O–H groups in total. The number of nitriles is 1. The number of rotatable bonds is 7. The van der Waals surface area contributed by atoms with Crippen LogP contribution in [-0.2, 0) is 22.4 Å². The van der Waals surface area contributed by atoms with Gasteiger partial charge in [0.25, 0.3) is 5.17 Å². The van der Waals surface area contributed by atoms with E-state index in [0.717, 1.165) is 0 Å². The average Bonchev–Trinajstić information content (AvgIpc) is 3.56. The molecule has 9 nitrogen and oxygen atoms in total. The number of fused-ring (bicyclic) bond motifs is 1. The normalized spacial score (nSPS) is 26.6. The smallest absolute Gasteiger partial charge is 0.338 e. The maximum absolute atomic E-state index is 13.4. The van der Waals surface area contributed by atoms with Crippen molar-refractivity contribution in [3.8, 4) is 6.07 Å². The lowest BCUT2D eigenvalue weighted by molar-refractivity contribution is -0.0552. The fourth-order valence-corrected chi connectivity index (χ4v) is 17.8. The molecule has 1 aliphatic carbocycles. The van der Waals surface area contributed by atoms with Crippen molar-refractivity contribution in [3.63, 3.8) is 0 Å². The van der Waals surface area contributed by atoms with Crippen LogP contribution in [0.25, 0.3) is 0 Å². The molecule has 1 aromatic heterocycles. The molecule has 1 aromatic carbocycles. The van der Waals surface area contributed by atoms with Gasteiger partial charge in [0.2, 0.25) is 0 Å². The number of nitrogens with zero attached hydrogens (tertiary/aromatic N) is 3. The van der Waals surface area contributed by atoms with Gasteiger partial charge in [-0.25, -0.2) is 9.78 Å². The number of aromatic nitrogens is 2. The van der Waals surface area contributed by atoms with Crippen molar-refractivity contribution in [2.75, 3.05) is 6.61 Å². The zero-order valence-electron chi connectivity index (χ0n) is 26.3. The summed E-state index contributed by atoms with van der Waals surface area (Å²) >= 11 is 5.65. The summed E-state index contributed by atoms with van der Waals surface area (Å²) in [5, 5.41) is 11.1. The number of esters is 1. The van der Waals surface area contributed by atoms with E-state index in [9.17, 15) is 10.1 Å². The Morgan fingerprint density at radius 3 is 2.19 bits per heavy atom. The van der Waals surface area contributed by atoms with Gasteiger partial charge < -0.3 is 22.4 Å². The first-order valence-electron chi connectivity index (χ1n) is 14.8. The van der Waals surface area contributed by atoms with Gasteiger partial charge in [0, 0.05) is 12.4 Å². The first-order valence-corrected chi connectivity index (χ1v) is 19.2. The molecule has 0 spiro atoms. The summed E-state index contributed by atoms with van der Waals surface area (Å²) in [6.07, 6.45) is 1.77. The van der Waals surface area contributed by atoms with Gasteiger partial charge in [0.05, 0.1) is 18.2 Å². The van der Waals surface area contributed by atoms with E-state index >= 15 is 0 Å². The average molecular weight is 642 g/mol. The highest BCUT2D eigenvalue weighted by atomic mass is 32.1. The molecule has 1 aliphatic heterocycles. The number of benzene rings is 1. The number of carbonyl (C=O) groups excluding carboxylic acids is 1. The molecular weight excluding hydrogens is 599 g/mol. The largest absolute Gasteiger partial charge is 0.460 e. The number of hydrogen-bond donors (Lipinski definition) is 0. The molecule has 2 heterocycles. The summed E-state index contributed by atoms with van der Waals surface area (Å²) in [5.41, 5.74) is -0.530. The number of ether oxygens (including phenoxy) is 2. The zero-order chi connectivity index (χ0) is 31.7. The second-order valence-corrected chi connectivity index (χ2v) is 21.8. The second kappa shape index (κ2) is 12.7. The van der Waals surface area contributed by atoms with Crippen LogP contribution in [0.15, 0.2) is 61.2 Å². The van der Waals surface area contributed by atoms with Gasteiger partial charge in [-0.2, -0.15) is 5.26 Å². The Hall–Kier alpha value is -2.67. The van der Waals surface area contributed by atoms with Crippen molar-refractivity contribution in [2.24, 2.45) is 5.41 Å². The minimum atomic E-state index is -3.19. The Labute approximate surface area is 262 Å². The Morgan fingerprint density at radius 1 is 1.07 bits per heavy atom. The van der Waals surface area contributed by atoms with E-state index in [1.54, 1.807) is 41.2 Å². The highest BCUT2D eigenvalue weighted by molar-refractivity contribution is 7.80. The van der Waals surface area contributed by atoms with Crippen LogP contribution in [-0.4, -0.2) is 62.7 Å². The highest BCUT2D eigenvalue weighted by Gasteiger charge is 2.68. The molecule has 0 bridgehead atoms. The molecule has 4 rings (SSSR count). The minimum Gasteiger partial charge on any atom is -0.460 e. The lowest BCUT2D eigenvalue weighted by atomic mass is 9.83. The van der Waals surface area contributed by atoms with Crippen molar-refractivity contribution in [1.82, 2.24) is 9.55 Å². The maximum Gasteiger partial charge on any atom is 0.338 e. The van der Waals surface area contributed by atoms with Crippen LogP contribution >= 0.6 is 12.2 Å². The summed E-state index contributed by atoms with van der Waals surface area (Å²) in [7, 11) is -6.17. The fraction of sp³-hybridized carbons (Fsp3) is 0.548. The molecule has 1 saturated carbocycles. The van der Waals surface area contributed by atoms with Crippen LogP contribution in [0.1, 0.15) is 65.7 Å². The van der Waals surface area contributed by atoms with Gasteiger partial charge in [-0.1, -0.05) is 80.2 Å². The summed E-state index contributed by atoms with van der Waals surface area (Å²) in [4.78, 5) is 17.5. The van der Waals surface area contributed by atoms with Gasteiger partial charge in [0.1, 0.15) is 17.8 Å². The van der Waals surface area contributed by atoms with Crippen LogP contribution in [0.2, 0.25) is 22.2 Å². The molecule has 2 aromatic rings. The van der Waals surface area contributed by atoms with E-state index in [1.165, 1.54) is 6.33 Å². The van der Waals surface area contributed by atoms with Crippen LogP contribution in [0.5, 0.6) is 0 Å². The molecule has 1 saturated heterocycles. The molecule has 2 fully saturated rings. The third kappa shape index (κ3) is 5.79. The highest BCUT2D eigenvalue weighted by Crippen LogP contribution is 2.54. The van der Waals surface area contributed by atoms with Crippen LogP contribution in [0.4, 0.5) is 0 Å². The number of imidazole rings is 1. The summed E-state index contributed by atoms with van der Waals surface area (Å²) in [6, 6.07) is 11.2. The van der Waals surface area contributed by atoms with Gasteiger partial charge in [0.15, 0.2) is 12.2 Å². The minimum absolute atomic E-state index is 0.00426. The van der Waals surface area contributed by atoms with Gasteiger partial charge in [-0.05, 0) is 52.1 Å². The summed E-state index contributed by atoms with van der Waals surface area (Å²) in [5.74, 6) is -0.572. The molecule has 0 amide bonds. The first kappa shape index (κ1) is 33.2. The zero-order valence-corrected chi connectivity index (χ0v) is 29.1. The maximum atomic E-state index is 13.4. The van der Waals surface area contributed by atoms with Crippen LogP contribution < -0.4 is 0 Å². The lowest BCUT2D eigenvalue weighted by Crippen LogP contribution is -2.66. The third-order valence-corrected chi connectivity index (χ3v) is 19.3. The first-order chi connectivity index (χ1) is 20.3. The van der Waals surface area contributed by atoms with Crippen molar-refractivity contribution < 1.29 is 27.2 Å².